The van der Waals surface area contributed by atoms with Crippen molar-refractivity contribution >= 4 is 11.9 Å². The second kappa shape index (κ2) is 7.09. The number of nitrogens with one attached hydrogen (secondary N) is 1. The Hall–Kier alpha value is -1.06. The fourth-order valence-electron chi connectivity index (χ4n) is 3.89. The van der Waals surface area contributed by atoms with Crippen molar-refractivity contribution in [2.24, 2.45) is 23.7 Å². The summed E-state index contributed by atoms with van der Waals surface area (Å²) in [6.45, 7) is 2.73. The number of carbonyl (C=O) groups excluding carboxylic acids is 1. The molecule has 0 aromatic carbocycles. The van der Waals surface area contributed by atoms with E-state index in [0.29, 0.717) is 25.3 Å². The third-order valence-electron chi connectivity index (χ3n) is 5.02. The molecule has 114 valence electrons. The second-order valence-electron chi connectivity index (χ2n) is 6.71. The highest BCUT2D eigenvalue weighted by Crippen LogP contribution is 2.36. The first kappa shape index (κ1) is 15.3. The molecule has 0 spiro atoms. The van der Waals surface area contributed by atoms with Crippen LogP contribution in [-0.4, -0.2) is 23.5 Å². The van der Waals surface area contributed by atoms with Crippen molar-refractivity contribution in [1.82, 2.24) is 5.32 Å². The van der Waals surface area contributed by atoms with Crippen LogP contribution in [0.3, 0.4) is 0 Å². The lowest BCUT2D eigenvalue weighted by Gasteiger charge is -2.16. The Bertz CT molecular complexity index is 350. The maximum Gasteiger partial charge on any atom is 0.307 e. The van der Waals surface area contributed by atoms with E-state index in [1.54, 1.807) is 0 Å². The second-order valence-corrected chi connectivity index (χ2v) is 6.71. The number of hydrogen-bond donors (Lipinski definition) is 2. The summed E-state index contributed by atoms with van der Waals surface area (Å²) in [5.74, 6) is -0.488. The first-order chi connectivity index (χ1) is 9.58. The van der Waals surface area contributed by atoms with Gasteiger partial charge in [0.15, 0.2) is 0 Å². The summed E-state index contributed by atoms with van der Waals surface area (Å²) in [5, 5.41) is 12.1. The molecule has 3 unspecified atom stereocenters. The molecule has 0 saturated heterocycles. The molecular weight excluding hydrogens is 254 g/mol. The number of carboxylic acids is 1. The Morgan fingerprint density at radius 3 is 2.45 bits per heavy atom. The highest BCUT2D eigenvalue weighted by molar-refractivity contribution is 5.85. The van der Waals surface area contributed by atoms with E-state index in [4.69, 9.17) is 0 Å². The van der Waals surface area contributed by atoms with Crippen molar-refractivity contribution in [2.75, 3.05) is 6.54 Å². The lowest BCUT2D eigenvalue weighted by Crippen LogP contribution is -2.35. The van der Waals surface area contributed by atoms with Crippen molar-refractivity contribution in [1.29, 1.82) is 0 Å². The summed E-state index contributed by atoms with van der Waals surface area (Å²) in [6.07, 6.45) is 8.97. The van der Waals surface area contributed by atoms with Gasteiger partial charge in [-0.25, -0.2) is 0 Å². The fraction of sp³-hybridized carbons (Fsp3) is 0.875. The Labute approximate surface area is 121 Å². The molecule has 2 rings (SSSR count). The van der Waals surface area contributed by atoms with Crippen LogP contribution in [0.1, 0.15) is 58.3 Å². The monoisotopic (exact) mass is 281 g/mol. The zero-order valence-electron chi connectivity index (χ0n) is 12.4. The van der Waals surface area contributed by atoms with Crippen LogP contribution >= 0.6 is 0 Å². The van der Waals surface area contributed by atoms with E-state index in [2.05, 4.69) is 5.32 Å². The van der Waals surface area contributed by atoms with Crippen molar-refractivity contribution < 1.29 is 14.7 Å². The van der Waals surface area contributed by atoms with Gasteiger partial charge in [0.1, 0.15) is 0 Å². The highest BCUT2D eigenvalue weighted by atomic mass is 16.4. The minimum absolute atomic E-state index is 0.0480. The van der Waals surface area contributed by atoms with Gasteiger partial charge in [-0.2, -0.15) is 0 Å². The molecule has 2 aliphatic carbocycles. The van der Waals surface area contributed by atoms with Gasteiger partial charge in [0.25, 0.3) is 0 Å². The Morgan fingerprint density at radius 1 is 1.15 bits per heavy atom. The van der Waals surface area contributed by atoms with Gasteiger partial charge < -0.3 is 10.4 Å². The van der Waals surface area contributed by atoms with Gasteiger partial charge >= 0.3 is 5.97 Å². The van der Waals surface area contributed by atoms with Gasteiger partial charge in [0.05, 0.1) is 11.8 Å². The van der Waals surface area contributed by atoms with Crippen LogP contribution in [-0.2, 0) is 9.59 Å². The minimum atomic E-state index is -0.819. The molecule has 2 fully saturated rings. The number of carbonyl (C=O) groups is 2. The van der Waals surface area contributed by atoms with Crippen molar-refractivity contribution in [2.45, 2.75) is 58.3 Å². The van der Waals surface area contributed by atoms with Crippen molar-refractivity contribution in [3.63, 3.8) is 0 Å². The summed E-state index contributed by atoms with van der Waals surface area (Å²) in [7, 11) is 0. The van der Waals surface area contributed by atoms with E-state index in [-0.39, 0.29) is 11.8 Å². The first-order valence-corrected chi connectivity index (χ1v) is 8.08. The molecule has 0 aromatic heterocycles. The molecule has 0 heterocycles. The largest absolute Gasteiger partial charge is 0.481 e. The van der Waals surface area contributed by atoms with Crippen molar-refractivity contribution in [3.05, 3.63) is 0 Å². The highest BCUT2D eigenvalue weighted by Gasteiger charge is 2.40. The van der Waals surface area contributed by atoms with Crippen LogP contribution in [0.5, 0.6) is 0 Å². The maximum atomic E-state index is 12.1. The van der Waals surface area contributed by atoms with Gasteiger partial charge in [-0.15, -0.1) is 0 Å². The minimum Gasteiger partial charge on any atom is -0.481 e. The SMILES string of the molecule is CC1CC(C(=O)O)C(C(=O)NCCCC2CCCC2)C1. The molecule has 2 aliphatic rings. The van der Waals surface area contributed by atoms with E-state index in [1.165, 1.54) is 32.1 Å². The predicted octanol–water partition coefficient (Wildman–Crippen LogP) is 2.82. The molecule has 2 saturated carbocycles. The summed E-state index contributed by atoms with van der Waals surface area (Å²) < 4.78 is 0. The molecular formula is C16H27NO3. The maximum absolute atomic E-state index is 12.1. The fourth-order valence-corrected chi connectivity index (χ4v) is 3.89. The number of rotatable bonds is 6. The quantitative estimate of drug-likeness (QED) is 0.736. The third kappa shape index (κ3) is 3.97. The zero-order valence-corrected chi connectivity index (χ0v) is 12.4. The van der Waals surface area contributed by atoms with Crippen LogP contribution in [0, 0.1) is 23.7 Å². The molecule has 3 atom stereocenters. The summed E-state index contributed by atoms with van der Waals surface area (Å²) >= 11 is 0. The molecule has 4 heteroatoms. The van der Waals surface area contributed by atoms with Gasteiger partial charge in [0.2, 0.25) is 5.91 Å². The number of amides is 1. The smallest absolute Gasteiger partial charge is 0.307 e. The van der Waals surface area contributed by atoms with Crippen molar-refractivity contribution in [3.8, 4) is 0 Å². The topological polar surface area (TPSA) is 66.4 Å². The van der Waals surface area contributed by atoms with Gasteiger partial charge in [-0.05, 0) is 37.5 Å². The average Bonchev–Trinajstić information content (AvgIpc) is 3.03. The Morgan fingerprint density at radius 2 is 1.80 bits per heavy atom. The van der Waals surface area contributed by atoms with Gasteiger partial charge in [-0.3, -0.25) is 9.59 Å². The summed E-state index contributed by atoms with van der Waals surface area (Å²) in [6, 6.07) is 0. The standard InChI is InChI=1S/C16H27NO3/c1-11-9-13(14(10-11)16(19)20)15(18)17-8-4-7-12-5-2-3-6-12/h11-14H,2-10H2,1H3,(H,17,18)(H,19,20). The molecule has 2 N–H and O–H groups in total. The molecule has 0 bridgehead atoms. The lowest BCUT2D eigenvalue weighted by atomic mass is 9.95. The molecule has 0 aromatic rings. The number of aliphatic carboxylic acids is 1. The Kier molecular flexibility index (Phi) is 5.44. The lowest BCUT2D eigenvalue weighted by molar-refractivity contribution is -0.146. The zero-order chi connectivity index (χ0) is 14.5. The number of carboxylic acid groups (broad SMARTS) is 1. The molecule has 0 radical (unpaired) electrons. The molecule has 1 amide bonds. The first-order valence-electron chi connectivity index (χ1n) is 8.08. The van der Waals surface area contributed by atoms with Crippen LogP contribution < -0.4 is 5.32 Å². The van der Waals surface area contributed by atoms with Crippen LogP contribution in [0.15, 0.2) is 0 Å². The number of hydrogen-bond acceptors (Lipinski definition) is 2. The van der Waals surface area contributed by atoms with Crippen LogP contribution in [0.2, 0.25) is 0 Å². The van der Waals surface area contributed by atoms with E-state index in [1.807, 2.05) is 6.92 Å². The summed E-state index contributed by atoms with van der Waals surface area (Å²) in [4.78, 5) is 23.3. The molecule has 20 heavy (non-hydrogen) atoms. The predicted molar refractivity (Wildman–Crippen MR) is 77.2 cm³/mol. The molecule has 0 aliphatic heterocycles. The van der Waals surface area contributed by atoms with E-state index < -0.39 is 11.9 Å². The average molecular weight is 281 g/mol. The van der Waals surface area contributed by atoms with E-state index in [9.17, 15) is 14.7 Å². The Balaban J connectivity index is 1.69. The summed E-state index contributed by atoms with van der Waals surface area (Å²) in [5.41, 5.74) is 0. The van der Waals surface area contributed by atoms with E-state index in [0.717, 1.165) is 12.3 Å². The normalized spacial score (nSPS) is 30.6. The van der Waals surface area contributed by atoms with Gasteiger partial charge in [0, 0.05) is 6.54 Å². The van der Waals surface area contributed by atoms with Gasteiger partial charge in [-0.1, -0.05) is 32.6 Å². The molecule has 4 nitrogen and oxygen atoms in total. The van der Waals surface area contributed by atoms with Crippen LogP contribution in [0.25, 0.3) is 0 Å². The van der Waals surface area contributed by atoms with Crippen LogP contribution in [0.4, 0.5) is 0 Å². The van der Waals surface area contributed by atoms with E-state index >= 15 is 0 Å². The third-order valence-corrected chi connectivity index (χ3v) is 5.02.